The van der Waals surface area contributed by atoms with Crippen LogP contribution in [-0.2, 0) is 14.3 Å². The Morgan fingerprint density at radius 2 is 2.29 bits per heavy atom. The molecule has 14 heavy (non-hydrogen) atoms. The van der Waals surface area contributed by atoms with Crippen LogP contribution in [0.3, 0.4) is 0 Å². The summed E-state index contributed by atoms with van der Waals surface area (Å²) in [4.78, 5) is 21.7. The predicted molar refractivity (Wildman–Crippen MR) is 50.5 cm³/mol. The van der Waals surface area contributed by atoms with E-state index in [0.717, 1.165) is 25.5 Å². The lowest BCUT2D eigenvalue weighted by molar-refractivity contribution is -0.150. The molecule has 1 aliphatic carbocycles. The van der Waals surface area contributed by atoms with E-state index in [-0.39, 0.29) is 23.9 Å². The molecule has 1 fully saturated rings. The van der Waals surface area contributed by atoms with Crippen molar-refractivity contribution in [2.75, 3.05) is 0 Å². The Labute approximate surface area is 83.1 Å². The Morgan fingerprint density at radius 3 is 3.00 bits per heavy atom. The van der Waals surface area contributed by atoms with Crippen molar-refractivity contribution in [3.8, 4) is 0 Å². The van der Waals surface area contributed by atoms with Crippen molar-refractivity contribution in [2.24, 2.45) is 11.8 Å². The van der Waals surface area contributed by atoms with Crippen LogP contribution in [0.15, 0.2) is 12.2 Å². The van der Waals surface area contributed by atoms with E-state index < -0.39 is 0 Å². The summed E-state index contributed by atoms with van der Waals surface area (Å²) in [6.45, 7) is 0. The molecule has 0 aromatic carbocycles. The van der Waals surface area contributed by atoms with E-state index >= 15 is 0 Å². The molecule has 76 valence electrons. The van der Waals surface area contributed by atoms with Gasteiger partial charge < -0.3 is 9.53 Å². The summed E-state index contributed by atoms with van der Waals surface area (Å²) >= 11 is 0. The molecule has 3 atom stereocenters. The van der Waals surface area contributed by atoms with Crippen LogP contribution in [0.1, 0.15) is 25.7 Å². The van der Waals surface area contributed by atoms with E-state index in [9.17, 15) is 9.59 Å². The summed E-state index contributed by atoms with van der Waals surface area (Å²) in [6.07, 6.45) is 7.87. The van der Waals surface area contributed by atoms with Gasteiger partial charge in [0.15, 0.2) is 0 Å². The van der Waals surface area contributed by atoms with Gasteiger partial charge in [-0.25, -0.2) is 0 Å². The SMILES string of the molecule is O=C[C@@H]1C[C@H]1[C@H]1C/C=C\CCC(=O)O1. The van der Waals surface area contributed by atoms with Crippen molar-refractivity contribution in [2.45, 2.75) is 31.8 Å². The van der Waals surface area contributed by atoms with Crippen LogP contribution in [0.4, 0.5) is 0 Å². The number of cyclic esters (lactones) is 1. The van der Waals surface area contributed by atoms with Crippen LogP contribution in [-0.4, -0.2) is 18.4 Å². The molecule has 1 aliphatic heterocycles. The van der Waals surface area contributed by atoms with Gasteiger partial charge in [-0.2, -0.15) is 0 Å². The van der Waals surface area contributed by atoms with Crippen LogP contribution >= 0.6 is 0 Å². The van der Waals surface area contributed by atoms with Crippen LogP contribution in [0.25, 0.3) is 0 Å². The zero-order chi connectivity index (χ0) is 9.97. The highest BCUT2D eigenvalue weighted by atomic mass is 16.5. The minimum Gasteiger partial charge on any atom is -0.462 e. The average molecular weight is 194 g/mol. The van der Waals surface area contributed by atoms with Gasteiger partial charge in [0.2, 0.25) is 0 Å². The van der Waals surface area contributed by atoms with Crippen LogP contribution in [0, 0.1) is 11.8 Å². The second-order valence-corrected chi connectivity index (χ2v) is 3.97. The third kappa shape index (κ3) is 2.03. The van der Waals surface area contributed by atoms with Crippen LogP contribution in [0.2, 0.25) is 0 Å². The molecule has 2 rings (SSSR count). The van der Waals surface area contributed by atoms with E-state index in [1.54, 1.807) is 0 Å². The quantitative estimate of drug-likeness (QED) is 0.380. The molecule has 2 aliphatic rings. The monoisotopic (exact) mass is 194 g/mol. The highest BCUT2D eigenvalue weighted by Crippen LogP contribution is 2.42. The molecule has 0 amide bonds. The topological polar surface area (TPSA) is 43.4 Å². The molecule has 0 N–H and O–H groups in total. The summed E-state index contributed by atoms with van der Waals surface area (Å²) in [5.41, 5.74) is 0. The number of carbonyl (C=O) groups is 2. The first kappa shape index (κ1) is 9.44. The lowest BCUT2D eigenvalue weighted by atomic mass is 10.1. The zero-order valence-corrected chi connectivity index (χ0v) is 8.02. The highest BCUT2D eigenvalue weighted by Gasteiger charge is 2.44. The number of hydrogen-bond acceptors (Lipinski definition) is 3. The third-order valence-corrected chi connectivity index (χ3v) is 2.88. The average Bonchev–Trinajstić information content (AvgIpc) is 2.90. The number of allylic oxidation sites excluding steroid dienone is 1. The molecule has 0 aromatic heterocycles. The first-order valence-electron chi connectivity index (χ1n) is 5.11. The van der Waals surface area contributed by atoms with E-state index in [1.807, 2.05) is 6.08 Å². The normalized spacial score (nSPS) is 39.1. The van der Waals surface area contributed by atoms with Gasteiger partial charge in [0.05, 0.1) is 0 Å². The van der Waals surface area contributed by atoms with Gasteiger partial charge in [-0.05, 0) is 12.8 Å². The van der Waals surface area contributed by atoms with E-state index in [0.29, 0.717) is 6.42 Å². The highest BCUT2D eigenvalue weighted by molar-refractivity contribution is 5.70. The molecule has 0 saturated heterocycles. The van der Waals surface area contributed by atoms with E-state index in [1.165, 1.54) is 0 Å². The molecule has 0 unspecified atom stereocenters. The second kappa shape index (κ2) is 3.95. The van der Waals surface area contributed by atoms with Gasteiger partial charge in [-0.3, -0.25) is 4.79 Å². The Morgan fingerprint density at radius 1 is 1.43 bits per heavy atom. The fraction of sp³-hybridized carbons (Fsp3) is 0.636. The summed E-state index contributed by atoms with van der Waals surface area (Å²) in [5.74, 6) is 0.274. The first-order valence-corrected chi connectivity index (χ1v) is 5.11. The smallest absolute Gasteiger partial charge is 0.306 e. The molecule has 1 saturated carbocycles. The summed E-state index contributed by atoms with van der Waals surface area (Å²) in [5, 5.41) is 0. The molecule has 0 radical (unpaired) electrons. The molecule has 3 nitrogen and oxygen atoms in total. The van der Waals surface area contributed by atoms with E-state index in [4.69, 9.17) is 4.74 Å². The summed E-state index contributed by atoms with van der Waals surface area (Å²) in [7, 11) is 0. The summed E-state index contributed by atoms with van der Waals surface area (Å²) in [6, 6.07) is 0. The van der Waals surface area contributed by atoms with Crippen LogP contribution in [0.5, 0.6) is 0 Å². The second-order valence-electron chi connectivity index (χ2n) is 3.97. The van der Waals surface area contributed by atoms with Crippen molar-refractivity contribution >= 4 is 12.3 Å². The van der Waals surface area contributed by atoms with Gasteiger partial charge in [0, 0.05) is 24.7 Å². The van der Waals surface area contributed by atoms with Crippen molar-refractivity contribution < 1.29 is 14.3 Å². The lowest BCUT2D eigenvalue weighted by Gasteiger charge is -2.17. The minimum atomic E-state index is -0.129. The maximum absolute atomic E-state index is 11.2. The number of carbonyl (C=O) groups excluding carboxylic acids is 2. The number of esters is 1. The Balaban J connectivity index is 1.96. The van der Waals surface area contributed by atoms with Crippen molar-refractivity contribution in [3.05, 3.63) is 12.2 Å². The number of aldehydes is 1. The zero-order valence-electron chi connectivity index (χ0n) is 8.02. The fourth-order valence-electron chi connectivity index (χ4n) is 1.91. The van der Waals surface area contributed by atoms with Crippen LogP contribution < -0.4 is 0 Å². The molecule has 1 heterocycles. The third-order valence-electron chi connectivity index (χ3n) is 2.88. The molecule has 0 bridgehead atoms. The van der Waals surface area contributed by atoms with Gasteiger partial charge in [0.25, 0.3) is 0 Å². The standard InChI is InChI=1S/C11H14O3/c12-7-8-6-9(8)10-4-2-1-3-5-11(13)14-10/h1-2,7-10H,3-6H2/b2-1-/t8-,9+,10+/m0/s1. The number of ether oxygens (including phenoxy) is 1. The summed E-state index contributed by atoms with van der Waals surface area (Å²) < 4.78 is 5.30. The first-order chi connectivity index (χ1) is 6.81. The van der Waals surface area contributed by atoms with Gasteiger partial charge in [-0.15, -0.1) is 0 Å². The Kier molecular flexibility index (Phi) is 2.66. The Hall–Kier alpha value is -1.12. The maximum atomic E-state index is 11.2. The molecule has 0 spiro atoms. The number of hydrogen-bond donors (Lipinski definition) is 0. The molecule has 3 heteroatoms. The van der Waals surface area contributed by atoms with Gasteiger partial charge in [-0.1, -0.05) is 12.2 Å². The predicted octanol–water partition coefficient (Wildman–Crippen LogP) is 1.47. The molecule has 0 aromatic rings. The van der Waals surface area contributed by atoms with Crippen molar-refractivity contribution in [3.63, 3.8) is 0 Å². The fourth-order valence-corrected chi connectivity index (χ4v) is 1.91. The Bertz CT molecular complexity index is 270. The number of rotatable bonds is 2. The minimum absolute atomic E-state index is 0.0609. The maximum Gasteiger partial charge on any atom is 0.306 e. The van der Waals surface area contributed by atoms with Crippen molar-refractivity contribution in [1.29, 1.82) is 0 Å². The molecular formula is C11H14O3. The van der Waals surface area contributed by atoms with Gasteiger partial charge >= 0.3 is 5.97 Å². The largest absolute Gasteiger partial charge is 0.462 e. The van der Waals surface area contributed by atoms with E-state index in [2.05, 4.69) is 6.08 Å². The molecular weight excluding hydrogens is 180 g/mol. The van der Waals surface area contributed by atoms with Crippen molar-refractivity contribution in [1.82, 2.24) is 0 Å². The van der Waals surface area contributed by atoms with Gasteiger partial charge in [0.1, 0.15) is 12.4 Å². The lowest BCUT2D eigenvalue weighted by Crippen LogP contribution is -2.21.